The van der Waals surface area contributed by atoms with Crippen LogP contribution in [0.3, 0.4) is 0 Å². The van der Waals surface area contributed by atoms with Crippen LogP contribution in [0.25, 0.3) is 0 Å². The van der Waals surface area contributed by atoms with E-state index in [4.69, 9.17) is 20.6 Å². The van der Waals surface area contributed by atoms with Crippen LogP contribution in [0.15, 0.2) is 42.5 Å². The average molecular weight is 270 g/mol. The average Bonchev–Trinajstić information content (AvgIpc) is 2.46. The summed E-state index contributed by atoms with van der Waals surface area (Å²) >= 11 is 0. The van der Waals surface area contributed by atoms with Crippen LogP contribution in [0.2, 0.25) is 0 Å². The molecule has 2 aromatic rings. The lowest BCUT2D eigenvalue weighted by Crippen LogP contribution is -2.13. The van der Waals surface area contributed by atoms with Crippen molar-refractivity contribution in [2.24, 2.45) is 5.73 Å². The molecule has 0 radical (unpaired) electrons. The van der Waals surface area contributed by atoms with E-state index in [0.29, 0.717) is 17.9 Å². The van der Waals surface area contributed by atoms with E-state index in [1.165, 1.54) is 0 Å². The van der Waals surface area contributed by atoms with Gasteiger partial charge in [0.05, 0.1) is 12.7 Å². The van der Waals surface area contributed by atoms with Crippen molar-refractivity contribution in [1.82, 2.24) is 0 Å². The van der Waals surface area contributed by atoms with Crippen LogP contribution in [-0.4, -0.2) is 12.9 Å². The summed E-state index contributed by atoms with van der Waals surface area (Å²) in [6.45, 7) is 2.36. The highest BCUT2D eigenvalue weighted by Crippen LogP contribution is 2.21. The summed E-state index contributed by atoms with van der Waals surface area (Å²) in [7, 11) is 1.63. The highest BCUT2D eigenvalue weighted by Gasteiger charge is 2.07. The number of ether oxygens (including phenoxy) is 2. The Balaban J connectivity index is 2.16. The molecule has 0 unspecified atom stereocenters. The Labute approximate surface area is 118 Å². The van der Waals surface area contributed by atoms with E-state index < -0.39 is 0 Å². The van der Waals surface area contributed by atoms with Gasteiger partial charge in [-0.2, -0.15) is 0 Å². The smallest absolute Gasteiger partial charge is 0.130 e. The number of benzene rings is 2. The summed E-state index contributed by atoms with van der Waals surface area (Å²) in [6, 6.07) is 13.3. The van der Waals surface area contributed by atoms with Crippen molar-refractivity contribution in [3.05, 3.63) is 59.2 Å². The van der Waals surface area contributed by atoms with E-state index in [1.807, 2.05) is 49.4 Å². The first-order valence-electron chi connectivity index (χ1n) is 6.31. The maximum Gasteiger partial charge on any atom is 0.130 e. The van der Waals surface area contributed by atoms with E-state index in [0.717, 1.165) is 16.9 Å². The van der Waals surface area contributed by atoms with Crippen molar-refractivity contribution in [2.45, 2.75) is 13.5 Å². The second-order valence-electron chi connectivity index (χ2n) is 4.55. The minimum absolute atomic E-state index is 0.00865. The predicted molar refractivity (Wildman–Crippen MR) is 79.5 cm³/mol. The van der Waals surface area contributed by atoms with Crippen molar-refractivity contribution in [3.8, 4) is 11.5 Å². The Hall–Kier alpha value is -2.49. The molecule has 3 N–H and O–H groups in total. The van der Waals surface area contributed by atoms with Gasteiger partial charge >= 0.3 is 0 Å². The fraction of sp³-hybridized carbons (Fsp3) is 0.188. The van der Waals surface area contributed by atoms with Crippen molar-refractivity contribution in [3.63, 3.8) is 0 Å². The lowest BCUT2D eigenvalue weighted by molar-refractivity contribution is 0.304. The summed E-state index contributed by atoms with van der Waals surface area (Å²) in [5.74, 6) is 1.42. The van der Waals surface area contributed by atoms with Crippen LogP contribution in [0.4, 0.5) is 0 Å². The Morgan fingerprint density at radius 1 is 1.20 bits per heavy atom. The topological polar surface area (TPSA) is 68.3 Å². The summed E-state index contributed by atoms with van der Waals surface area (Å²) < 4.78 is 10.9. The maximum absolute atomic E-state index is 7.60. The Morgan fingerprint density at radius 2 is 2.00 bits per heavy atom. The first kappa shape index (κ1) is 13.9. The van der Waals surface area contributed by atoms with E-state index >= 15 is 0 Å². The van der Waals surface area contributed by atoms with Crippen molar-refractivity contribution in [1.29, 1.82) is 5.41 Å². The van der Waals surface area contributed by atoms with Crippen LogP contribution in [0.5, 0.6) is 11.5 Å². The molecule has 0 fully saturated rings. The second-order valence-corrected chi connectivity index (χ2v) is 4.55. The molecule has 0 spiro atoms. The third-order valence-electron chi connectivity index (χ3n) is 2.95. The van der Waals surface area contributed by atoms with Gasteiger partial charge in [0, 0.05) is 0 Å². The van der Waals surface area contributed by atoms with E-state index in [-0.39, 0.29) is 5.84 Å². The molecule has 2 aromatic carbocycles. The minimum Gasteiger partial charge on any atom is -0.497 e. The standard InChI is InChI=1S/C16H18N2O2/c1-11-6-7-15(14(8-11)16(17)18)20-10-12-4-3-5-13(9-12)19-2/h3-9H,10H2,1-2H3,(H3,17,18). The lowest BCUT2D eigenvalue weighted by atomic mass is 10.1. The van der Waals surface area contributed by atoms with Crippen LogP contribution in [0.1, 0.15) is 16.7 Å². The van der Waals surface area contributed by atoms with Crippen LogP contribution in [-0.2, 0) is 6.61 Å². The zero-order valence-corrected chi connectivity index (χ0v) is 11.6. The normalized spacial score (nSPS) is 10.1. The van der Waals surface area contributed by atoms with E-state index in [9.17, 15) is 0 Å². The number of amidine groups is 1. The molecule has 0 bridgehead atoms. The molecule has 20 heavy (non-hydrogen) atoms. The summed E-state index contributed by atoms with van der Waals surface area (Å²) in [5, 5.41) is 7.60. The summed E-state index contributed by atoms with van der Waals surface area (Å²) in [6.07, 6.45) is 0. The number of rotatable bonds is 5. The Bertz CT molecular complexity index is 624. The van der Waals surface area contributed by atoms with Crippen molar-refractivity contribution < 1.29 is 9.47 Å². The highest BCUT2D eigenvalue weighted by molar-refractivity contribution is 5.97. The zero-order valence-electron chi connectivity index (χ0n) is 11.6. The number of aryl methyl sites for hydroxylation is 1. The maximum atomic E-state index is 7.60. The third kappa shape index (κ3) is 3.29. The summed E-state index contributed by atoms with van der Waals surface area (Å²) in [5.41, 5.74) is 8.24. The lowest BCUT2D eigenvalue weighted by Gasteiger charge is -2.12. The molecule has 0 aliphatic heterocycles. The quantitative estimate of drug-likeness (QED) is 0.648. The Kier molecular flexibility index (Phi) is 4.25. The number of hydrogen-bond donors (Lipinski definition) is 2. The summed E-state index contributed by atoms with van der Waals surface area (Å²) in [4.78, 5) is 0. The van der Waals surface area contributed by atoms with Crippen LogP contribution < -0.4 is 15.2 Å². The van der Waals surface area contributed by atoms with Gasteiger partial charge in [-0.15, -0.1) is 0 Å². The van der Waals surface area contributed by atoms with Gasteiger partial charge in [-0.05, 0) is 36.8 Å². The van der Waals surface area contributed by atoms with Gasteiger partial charge in [0.25, 0.3) is 0 Å². The van der Waals surface area contributed by atoms with Crippen LogP contribution in [0, 0.1) is 12.3 Å². The SMILES string of the molecule is COc1cccc(COc2ccc(C)cc2C(=N)N)c1. The largest absolute Gasteiger partial charge is 0.497 e. The van der Waals surface area contributed by atoms with Gasteiger partial charge in [-0.25, -0.2) is 0 Å². The molecule has 0 heterocycles. The number of hydrogen-bond acceptors (Lipinski definition) is 3. The third-order valence-corrected chi connectivity index (χ3v) is 2.95. The van der Waals surface area contributed by atoms with Gasteiger partial charge < -0.3 is 15.2 Å². The van der Waals surface area contributed by atoms with Crippen molar-refractivity contribution in [2.75, 3.05) is 7.11 Å². The van der Waals surface area contributed by atoms with Crippen molar-refractivity contribution >= 4 is 5.84 Å². The van der Waals surface area contributed by atoms with Gasteiger partial charge in [0.2, 0.25) is 0 Å². The van der Waals surface area contributed by atoms with Crippen LogP contribution >= 0.6 is 0 Å². The van der Waals surface area contributed by atoms with Gasteiger partial charge in [-0.1, -0.05) is 23.8 Å². The molecule has 0 aliphatic rings. The molecule has 2 rings (SSSR count). The number of methoxy groups -OCH3 is 1. The Morgan fingerprint density at radius 3 is 2.70 bits per heavy atom. The number of nitrogens with two attached hydrogens (primary N) is 1. The minimum atomic E-state index is 0.00865. The molecule has 4 nitrogen and oxygen atoms in total. The van der Waals surface area contributed by atoms with Gasteiger partial charge in [0.15, 0.2) is 0 Å². The molecule has 0 saturated carbocycles. The molecular weight excluding hydrogens is 252 g/mol. The molecule has 0 aliphatic carbocycles. The molecule has 0 aromatic heterocycles. The monoisotopic (exact) mass is 270 g/mol. The number of nitrogens with one attached hydrogen (secondary N) is 1. The van der Waals surface area contributed by atoms with Gasteiger partial charge in [0.1, 0.15) is 23.9 Å². The molecular formula is C16H18N2O2. The van der Waals surface area contributed by atoms with Gasteiger partial charge in [-0.3, -0.25) is 5.41 Å². The fourth-order valence-corrected chi connectivity index (χ4v) is 1.90. The van der Waals surface area contributed by atoms with E-state index in [1.54, 1.807) is 7.11 Å². The first-order chi connectivity index (χ1) is 9.60. The first-order valence-corrected chi connectivity index (χ1v) is 6.31. The predicted octanol–water partition coefficient (Wildman–Crippen LogP) is 2.87. The highest BCUT2D eigenvalue weighted by atomic mass is 16.5. The molecule has 4 heteroatoms. The molecule has 104 valence electrons. The fourth-order valence-electron chi connectivity index (χ4n) is 1.90. The molecule has 0 amide bonds. The molecule has 0 atom stereocenters. The number of nitrogen functional groups attached to an aromatic ring is 1. The second kappa shape index (κ2) is 6.10. The molecule has 0 saturated heterocycles. The van der Waals surface area contributed by atoms with E-state index in [2.05, 4.69) is 0 Å². The zero-order chi connectivity index (χ0) is 14.5.